The molecule has 38 heavy (non-hydrogen) atoms. The normalized spacial score (nSPS) is 20.0. The van der Waals surface area contributed by atoms with E-state index in [-0.39, 0.29) is 55.9 Å². The lowest BCUT2D eigenvalue weighted by Crippen LogP contribution is -2.75. The number of aromatic hydroxyl groups is 1. The van der Waals surface area contributed by atoms with Gasteiger partial charge in [0.1, 0.15) is 18.0 Å². The predicted octanol–water partition coefficient (Wildman–Crippen LogP) is 2.22. The second-order valence-electron chi connectivity index (χ2n) is 9.75. The van der Waals surface area contributed by atoms with Crippen LogP contribution in [0.4, 0.5) is 0 Å². The van der Waals surface area contributed by atoms with E-state index in [0.717, 1.165) is 16.8 Å². The van der Waals surface area contributed by atoms with E-state index in [2.05, 4.69) is 4.98 Å². The van der Waals surface area contributed by atoms with Crippen molar-refractivity contribution in [1.29, 1.82) is 0 Å². The summed E-state index contributed by atoms with van der Waals surface area (Å²) >= 11 is 0. The van der Waals surface area contributed by atoms with Crippen molar-refractivity contribution in [2.24, 2.45) is 0 Å². The molecule has 3 heterocycles. The fourth-order valence-electron chi connectivity index (χ4n) is 5.27. The number of rotatable bonds is 7. The highest BCUT2D eigenvalue weighted by atomic mass is 16.3. The van der Waals surface area contributed by atoms with Gasteiger partial charge in [0.15, 0.2) is 0 Å². The number of hydrogen-bond acceptors (Lipinski definition) is 6. The quantitative estimate of drug-likeness (QED) is 0.521. The molecule has 2 aliphatic heterocycles. The van der Waals surface area contributed by atoms with Crippen molar-refractivity contribution in [1.82, 2.24) is 24.8 Å². The molecule has 0 bridgehead atoms. The first-order chi connectivity index (χ1) is 18.4. The summed E-state index contributed by atoms with van der Waals surface area (Å²) in [6, 6.07) is 21.2. The number of aryl methyl sites for hydroxylation is 1. The van der Waals surface area contributed by atoms with Crippen LogP contribution >= 0.6 is 0 Å². The molecule has 0 radical (unpaired) electrons. The van der Waals surface area contributed by atoms with Crippen molar-refractivity contribution in [3.05, 3.63) is 95.8 Å². The minimum absolute atomic E-state index is 0.00712. The van der Waals surface area contributed by atoms with Gasteiger partial charge in [-0.15, -0.1) is 0 Å². The number of benzene rings is 2. The Morgan fingerprint density at radius 3 is 2.42 bits per heavy atom. The van der Waals surface area contributed by atoms with E-state index >= 15 is 0 Å². The molecule has 3 amide bonds. The lowest BCUT2D eigenvalue weighted by molar-refractivity contribution is -0.202. The summed E-state index contributed by atoms with van der Waals surface area (Å²) in [5.74, 6) is -0.354. The van der Waals surface area contributed by atoms with Gasteiger partial charge in [0.2, 0.25) is 17.7 Å². The third kappa shape index (κ3) is 5.38. The molecule has 2 saturated heterocycles. The molecule has 2 atom stereocenters. The monoisotopic (exact) mass is 513 g/mol. The fraction of sp³-hybridized carbons (Fsp3) is 0.310. The van der Waals surface area contributed by atoms with Gasteiger partial charge in [0, 0.05) is 26.1 Å². The number of likely N-dealkylation sites (N-methyl/N-ethyl adjacent to an activating group) is 1. The number of phenolic OH excluding ortho intramolecular Hbond substituents is 1. The maximum atomic E-state index is 13.8. The first kappa shape index (κ1) is 25.4. The lowest BCUT2D eigenvalue weighted by atomic mass is 9.98. The topological polar surface area (TPSA) is 97.3 Å². The highest BCUT2D eigenvalue weighted by Crippen LogP contribution is 2.29. The molecule has 2 fully saturated rings. The minimum atomic E-state index is -0.785. The van der Waals surface area contributed by atoms with Crippen LogP contribution in [0.1, 0.15) is 23.2 Å². The molecular weight excluding hydrogens is 482 g/mol. The van der Waals surface area contributed by atoms with E-state index in [9.17, 15) is 19.5 Å². The molecule has 1 N–H and O–H groups in total. The van der Waals surface area contributed by atoms with E-state index in [1.165, 1.54) is 0 Å². The Kier molecular flexibility index (Phi) is 7.37. The van der Waals surface area contributed by atoms with Crippen LogP contribution in [0.2, 0.25) is 0 Å². The van der Waals surface area contributed by atoms with E-state index in [1.54, 1.807) is 57.3 Å². The molecule has 1 unspecified atom stereocenters. The Labute approximate surface area is 221 Å². The Balaban J connectivity index is 1.45. The summed E-state index contributed by atoms with van der Waals surface area (Å²) in [5.41, 5.74) is 2.61. The summed E-state index contributed by atoms with van der Waals surface area (Å²) in [6.45, 7) is 0.474. The summed E-state index contributed by atoms with van der Waals surface area (Å²) in [5, 5.41) is 13.0. The number of pyridine rings is 1. The Bertz CT molecular complexity index is 1290. The van der Waals surface area contributed by atoms with Crippen LogP contribution in [-0.4, -0.2) is 80.0 Å². The highest BCUT2D eigenvalue weighted by molar-refractivity contribution is 5.91. The zero-order valence-electron chi connectivity index (χ0n) is 21.3. The van der Waals surface area contributed by atoms with Crippen LogP contribution in [0.5, 0.6) is 5.75 Å². The van der Waals surface area contributed by atoms with Crippen LogP contribution in [0.25, 0.3) is 0 Å². The summed E-state index contributed by atoms with van der Waals surface area (Å²) in [6.07, 6.45) is 2.19. The number of hydrogen-bond donors (Lipinski definition) is 1. The number of nitrogens with zero attached hydrogens (tertiary/aromatic N) is 5. The number of carbonyl (C=O) groups is 3. The van der Waals surface area contributed by atoms with Gasteiger partial charge in [-0.2, -0.15) is 0 Å². The second-order valence-corrected chi connectivity index (χ2v) is 9.75. The first-order valence-electron chi connectivity index (χ1n) is 12.8. The summed E-state index contributed by atoms with van der Waals surface area (Å²) in [7, 11) is 1.74. The molecule has 196 valence electrons. The maximum absolute atomic E-state index is 13.8. The molecule has 9 nitrogen and oxygen atoms in total. The third-order valence-electron chi connectivity index (χ3n) is 7.11. The van der Waals surface area contributed by atoms with Crippen LogP contribution in [0.3, 0.4) is 0 Å². The fourth-order valence-corrected chi connectivity index (χ4v) is 5.27. The largest absolute Gasteiger partial charge is 0.508 e. The summed E-state index contributed by atoms with van der Waals surface area (Å²) < 4.78 is 0. The van der Waals surface area contributed by atoms with Crippen molar-refractivity contribution < 1.29 is 19.5 Å². The van der Waals surface area contributed by atoms with Gasteiger partial charge in [0.05, 0.1) is 25.3 Å². The van der Waals surface area contributed by atoms with E-state index in [0.29, 0.717) is 6.42 Å². The number of carbonyl (C=O) groups excluding carboxylic acids is 3. The lowest BCUT2D eigenvalue weighted by Gasteiger charge is -2.54. The number of piperazine rings is 1. The molecule has 5 rings (SSSR count). The number of phenols is 1. The van der Waals surface area contributed by atoms with Gasteiger partial charge in [-0.3, -0.25) is 24.4 Å². The molecule has 0 aliphatic carbocycles. The minimum Gasteiger partial charge on any atom is -0.508 e. The smallest absolute Gasteiger partial charge is 0.246 e. The standard InChI is InChI=1S/C29H31N5O4/c1-31-20-28(37)33-25(17-22-10-13-24(35)14-11-22)29(38)32(18-23-9-5-6-16-30-23)19-26(33)34(31)27(36)15-12-21-7-3-2-4-8-21/h2-11,13-14,16,25-26,35H,12,15,17-20H2,1H3/t25-,26?/m0/s1. The highest BCUT2D eigenvalue weighted by Gasteiger charge is 2.50. The summed E-state index contributed by atoms with van der Waals surface area (Å²) in [4.78, 5) is 48.4. The SMILES string of the molecule is CN1CC(=O)N2C(CN(Cc3ccccn3)C(=O)[C@@H]2Cc2ccc(O)cc2)N1C(=O)CCc1ccccc1. The Morgan fingerprint density at radius 2 is 1.71 bits per heavy atom. The van der Waals surface area contributed by atoms with E-state index in [4.69, 9.17) is 0 Å². The van der Waals surface area contributed by atoms with E-state index < -0.39 is 12.2 Å². The Morgan fingerprint density at radius 1 is 0.974 bits per heavy atom. The average molecular weight is 514 g/mol. The van der Waals surface area contributed by atoms with Crippen molar-refractivity contribution in [2.45, 2.75) is 38.0 Å². The zero-order valence-corrected chi connectivity index (χ0v) is 21.3. The molecule has 2 aromatic carbocycles. The molecule has 0 saturated carbocycles. The van der Waals surface area contributed by atoms with Crippen molar-refractivity contribution >= 4 is 17.7 Å². The maximum Gasteiger partial charge on any atom is 0.246 e. The number of fused-ring (bicyclic) bond motifs is 1. The Hall–Kier alpha value is -4.24. The second kappa shape index (κ2) is 11.0. The average Bonchev–Trinajstić information content (AvgIpc) is 2.92. The molecule has 2 aliphatic rings. The van der Waals surface area contributed by atoms with Crippen molar-refractivity contribution in [3.63, 3.8) is 0 Å². The van der Waals surface area contributed by atoms with E-state index in [1.807, 2.05) is 48.5 Å². The molecule has 3 aromatic rings. The van der Waals surface area contributed by atoms with Gasteiger partial charge in [-0.1, -0.05) is 48.5 Å². The van der Waals surface area contributed by atoms with Crippen molar-refractivity contribution in [2.75, 3.05) is 20.1 Å². The predicted molar refractivity (Wildman–Crippen MR) is 140 cm³/mol. The van der Waals surface area contributed by atoms with Gasteiger partial charge < -0.3 is 14.9 Å². The van der Waals surface area contributed by atoms with Gasteiger partial charge in [0.25, 0.3) is 0 Å². The van der Waals surface area contributed by atoms with Gasteiger partial charge >= 0.3 is 0 Å². The van der Waals surface area contributed by atoms with Crippen LogP contribution < -0.4 is 0 Å². The molecular formula is C29H31N5O4. The van der Waals surface area contributed by atoms with Crippen LogP contribution in [0.15, 0.2) is 79.0 Å². The van der Waals surface area contributed by atoms with Crippen LogP contribution in [0, 0.1) is 0 Å². The number of hydrazine groups is 1. The van der Waals surface area contributed by atoms with Crippen molar-refractivity contribution in [3.8, 4) is 5.75 Å². The number of aromatic nitrogens is 1. The molecule has 9 heteroatoms. The number of amides is 3. The first-order valence-corrected chi connectivity index (χ1v) is 12.8. The zero-order chi connectivity index (χ0) is 26.6. The van der Waals surface area contributed by atoms with Gasteiger partial charge in [-0.25, -0.2) is 5.01 Å². The molecule has 1 aromatic heterocycles. The van der Waals surface area contributed by atoms with Crippen LogP contribution in [-0.2, 0) is 33.8 Å². The third-order valence-corrected chi connectivity index (χ3v) is 7.11. The molecule has 0 spiro atoms. The van der Waals surface area contributed by atoms with Gasteiger partial charge in [-0.05, 0) is 41.8 Å².